The van der Waals surface area contributed by atoms with Gasteiger partial charge in [-0.05, 0) is 12.1 Å². The van der Waals surface area contributed by atoms with Crippen LogP contribution in [-0.4, -0.2) is 7.11 Å². The molecule has 68 valence electrons. The molecule has 0 aliphatic rings. The van der Waals surface area contributed by atoms with E-state index in [0.717, 1.165) is 5.56 Å². The molecule has 0 bridgehead atoms. The molecule has 0 fully saturated rings. The Kier molecular flexibility index (Phi) is 3.58. The zero-order valence-electron chi connectivity index (χ0n) is 6.97. The summed E-state index contributed by atoms with van der Waals surface area (Å²) in [7, 11) is 1.55. The molecule has 0 saturated carbocycles. The van der Waals surface area contributed by atoms with Gasteiger partial charge in [0.1, 0.15) is 5.75 Å². The van der Waals surface area contributed by atoms with Crippen molar-refractivity contribution in [2.75, 3.05) is 7.11 Å². The van der Waals surface area contributed by atoms with Crippen LogP contribution in [0.4, 0.5) is 0 Å². The molecule has 0 aliphatic carbocycles. The van der Waals surface area contributed by atoms with Crippen LogP contribution in [0, 0.1) is 11.3 Å². The summed E-state index contributed by atoms with van der Waals surface area (Å²) >= 11 is 9.19. The van der Waals surface area contributed by atoms with Crippen LogP contribution in [0.25, 0.3) is 0 Å². The zero-order valence-corrected chi connectivity index (χ0v) is 9.32. The van der Waals surface area contributed by atoms with Crippen LogP contribution in [0.15, 0.2) is 12.1 Å². The van der Waals surface area contributed by atoms with E-state index in [0.29, 0.717) is 21.7 Å². The van der Waals surface area contributed by atoms with Gasteiger partial charge in [0.05, 0.1) is 23.8 Å². The summed E-state index contributed by atoms with van der Waals surface area (Å²) < 4.78 is 5.10. The highest BCUT2D eigenvalue weighted by Gasteiger charge is 2.08. The van der Waals surface area contributed by atoms with Gasteiger partial charge < -0.3 is 4.74 Å². The van der Waals surface area contributed by atoms with Crippen LogP contribution < -0.4 is 4.74 Å². The highest BCUT2D eigenvalue weighted by atomic mass is 79.9. The SMILES string of the molecule is COc1c(Cl)cc(C#N)cc1CBr. The maximum atomic E-state index is 8.68. The minimum Gasteiger partial charge on any atom is -0.495 e. The third-order valence-corrected chi connectivity index (χ3v) is 2.48. The van der Waals surface area contributed by atoms with E-state index in [1.165, 1.54) is 0 Å². The van der Waals surface area contributed by atoms with Gasteiger partial charge in [0, 0.05) is 10.9 Å². The first kappa shape index (κ1) is 10.4. The van der Waals surface area contributed by atoms with Gasteiger partial charge in [0.25, 0.3) is 0 Å². The number of nitrogens with zero attached hydrogens (tertiary/aromatic N) is 1. The van der Waals surface area contributed by atoms with Crippen molar-refractivity contribution in [3.63, 3.8) is 0 Å². The fourth-order valence-electron chi connectivity index (χ4n) is 1.04. The molecule has 4 heteroatoms. The smallest absolute Gasteiger partial charge is 0.141 e. The fraction of sp³-hybridized carbons (Fsp3) is 0.222. The van der Waals surface area contributed by atoms with Crippen LogP contribution in [-0.2, 0) is 5.33 Å². The minimum absolute atomic E-state index is 0.469. The lowest BCUT2D eigenvalue weighted by Gasteiger charge is -2.07. The van der Waals surface area contributed by atoms with Gasteiger partial charge in [-0.1, -0.05) is 27.5 Å². The van der Waals surface area contributed by atoms with Crippen molar-refractivity contribution < 1.29 is 4.74 Å². The molecule has 0 amide bonds. The van der Waals surface area contributed by atoms with Crippen LogP contribution in [0.3, 0.4) is 0 Å². The zero-order chi connectivity index (χ0) is 9.84. The lowest BCUT2D eigenvalue weighted by molar-refractivity contribution is 0.411. The van der Waals surface area contributed by atoms with Crippen LogP contribution >= 0.6 is 27.5 Å². The molecule has 13 heavy (non-hydrogen) atoms. The fourth-order valence-corrected chi connectivity index (χ4v) is 1.78. The van der Waals surface area contributed by atoms with Crippen LogP contribution in [0.5, 0.6) is 5.75 Å². The minimum atomic E-state index is 0.469. The molecule has 0 aromatic heterocycles. The van der Waals surface area contributed by atoms with E-state index in [1.54, 1.807) is 19.2 Å². The van der Waals surface area contributed by atoms with Crippen molar-refractivity contribution in [2.45, 2.75) is 5.33 Å². The Morgan fingerprint density at radius 1 is 1.62 bits per heavy atom. The van der Waals surface area contributed by atoms with Gasteiger partial charge in [0.2, 0.25) is 0 Å². The second kappa shape index (κ2) is 4.50. The molecule has 1 aromatic rings. The van der Waals surface area contributed by atoms with E-state index in [1.807, 2.05) is 6.07 Å². The number of rotatable bonds is 2. The first-order valence-corrected chi connectivity index (χ1v) is 5.05. The number of benzene rings is 1. The van der Waals surface area contributed by atoms with Gasteiger partial charge in [-0.2, -0.15) is 5.26 Å². The van der Waals surface area contributed by atoms with Crippen molar-refractivity contribution in [1.29, 1.82) is 5.26 Å². The summed E-state index contributed by atoms with van der Waals surface area (Å²) in [6.07, 6.45) is 0. The molecular formula is C9H7BrClNO. The van der Waals surface area contributed by atoms with E-state index in [9.17, 15) is 0 Å². The molecule has 0 spiro atoms. The number of nitriles is 1. The molecule has 0 heterocycles. The van der Waals surface area contributed by atoms with E-state index < -0.39 is 0 Å². The molecular weight excluding hydrogens is 253 g/mol. The highest BCUT2D eigenvalue weighted by molar-refractivity contribution is 9.08. The van der Waals surface area contributed by atoms with Gasteiger partial charge in [-0.15, -0.1) is 0 Å². The molecule has 2 nitrogen and oxygen atoms in total. The molecule has 1 aromatic carbocycles. The third kappa shape index (κ3) is 2.15. The predicted octanol–water partition coefficient (Wildman–Crippen LogP) is 3.12. The molecule has 0 atom stereocenters. The lowest BCUT2D eigenvalue weighted by atomic mass is 10.1. The third-order valence-electron chi connectivity index (χ3n) is 1.60. The monoisotopic (exact) mass is 259 g/mol. The Morgan fingerprint density at radius 3 is 2.77 bits per heavy atom. The van der Waals surface area contributed by atoms with Gasteiger partial charge in [-0.25, -0.2) is 0 Å². The molecule has 0 saturated heterocycles. The summed E-state index contributed by atoms with van der Waals surface area (Å²) in [6.45, 7) is 0. The Hall–Kier alpha value is -0.720. The summed E-state index contributed by atoms with van der Waals surface area (Å²) in [5.74, 6) is 0.623. The normalized spacial score (nSPS) is 9.38. The molecule has 0 aliphatic heterocycles. The average molecular weight is 261 g/mol. The summed E-state index contributed by atoms with van der Waals surface area (Å²) in [5, 5.41) is 9.77. The quantitative estimate of drug-likeness (QED) is 0.766. The first-order valence-electron chi connectivity index (χ1n) is 3.55. The highest BCUT2D eigenvalue weighted by Crippen LogP contribution is 2.31. The van der Waals surface area contributed by atoms with E-state index >= 15 is 0 Å². The first-order chi connectivity index (χ1) is 6.22. The van der Waals surface area contributed by atoms with E-state index in [2.05, 4.69) is 15.9 Å². The Morgan fingerprint density at radius 2 is 2.31 bits per heavy atom. The number of alkyl halides is 1. The van der Waals surface area contributed by atoms with Gasteiger partial charge in [0.15, 0.2) is 0 Å². The van der Waals surface area contributed by atoms with E-state index in [4.69, 9.17) is 21.6 Å². The maximum absolute atomic E-state index is 8.68. The Balaban J connectivity index is 3.31. The predicted molar refractivity (Wildman–Crippen MR) is 55.4 cm³/mol. The van der Waals surface area contributed by atoms with Gasteiger partial charge in [-0.3, -0.25) is 0 Å². The van der Waals surface area contributed by atoms with Crippen LogP contribution in [0.1, 0.15) is 11.1 Å². The number of methoxy groups -OCH3 is 1. The summed E-state index contributed by atoms with van der Waals surface area (Å²) in [6, 6.07) is 5.37. The van der Waals surface area contributed by atoms with E-state index in [-0.39, 0.29) is 0 Å². The summed E-state index contributed by atoms with van der Waals surface area (Å²) in [5.41, 5.74) is 1.42. The average Bonchev–Trinajstić information content (AvgIpc) is 2.16. The molecule has 0 radical (unpaired) electrons. The largest absolute Gasteiger partial charge is 0.495 e. The Labute approximate surface area is 90.2 Å². The van der Waals surface area contributed by atoms with Crippen molar-refractivity contribution in [3.8, 4) is 11.8 Å². The number of hydrogen-bond donors (Lipinski definition) is 0. The number of hydrogen-bond acceptors (Lipinski definition) is 2. The number of halogens is 2. The second-order valence-electron chi connectivity index (χ2n) is 2.40. The number of ether oxygens (including phenoxy) is 1. The topological polar surface area (TPSA) is 33.0 Å². The van der Waals surface area contributed by atoms with Crippen LogP contribution in [0.2, 0.25) is 5.02 Å². The van der Waals surface area contributed by atoms with Crippen molar-refractivity contribution in [1.82, 2.24) is 0 Å². The Bertz CT molecular complexity index is 359. The summed E-state index contributed by atoms with van der Waals surface area (Å²) in [4.78, 5) is 0. The van der Waals surface area contributed by atoms with Crippen molar-refractivity contribution >= 4 is 27.5 Å². The molecule has 0 N–H and O–H groups in total. The maximum Gasteiger partial charge on any atom is 0.141 e. The van der Waals surface area contributed by atoms with Crippen molar-refractivity contribution in [2.24, 2.45) is 0 Å². The lowest BCUT2D eigenvalue weighted by Crippen LogP contribution is -1.91. The standard InChI is InChI=1S/C9H7BrClNO/c1-13-9-7(4-10)2-6(5-12)3-8(9)11/h2-3H,4H2,1H3. The molecule has 1 rings (SSSR count). The molecule has 0 unspecified atom stereocenters. The van der Waals surface area contributed by atoms with Gasteiger partial charge >= 0.3 is 0 Å². The van der Waals surface area contributed by atoms with Crippen molar-refractivity contribution in [3.05, 3.63) is 28.3 Å². The second-order valence-corrected chi connectivity index (χ2v) is 3.36.